The molecule has 0 heterocycles. The largest absolute Gasteiger partial charge is 0.508 e. The Morgan fingerprint density at radius 3 is 3.12 bits per heavy atom. The molecule has 1 aliphatic carbocycles. The van der Waals surface area contributed by atoms with Gasteiger partial charge in [0.2, 0.25) is 0 Å². The van der Waals surface area contributed by atoms with Crippen molar-refractivity contribution in [1.82, 2.24) is 5.32 Å². The molecule has 0 saturated carbocycles. The normalized spacial score (nSPS) is 20.2. The molecule has 1 aromatic carbocycles. The van der Waals surface area contributed by atoms with Crippen LogP contribution in [0.25, 0.3) is 0 Å². The summed E-state index contributed by atoms with van der Waals surface area (Å²) in [7, 11) is 0. The van der Waals surface area contributed by atoms with Gasteiger partial charge in [0.25, 0.3) is 0 Å². The molecule has 1 aromatic rings. The minimum Gasteiger partial charge on any atom is -0.508 e. The summed E-state index contributed by atoms with van der Waals surface area (Å²) < 4.78 is 0. The summed E-state index contributed by atoms with van der Waals surface area (Å²) in [6.45, 7) is 4.45. The second-order valence-electron chi connectivity index (χ2n) is 4.70. The Balaban J connectivity index is 1.97. The summed E-state index contributed by atoms with van der Waals surface area (Å²) in [4.78, 5) is 0. The van der Waals surface area contributed by atoms with Crippen molar-refractivity contribution >= 4 is 11.8 Å². The van der Waals surface area contributed by atoms with Gasteiger partial charge in [0, 0.05) is 17.8 Å². The van der Waals surface area contributed by atoms with Crippen molar-refractivity contribution in [3.8, 4) is 5.75 Å². The van der Waals surface area contributed by atoms with Crippen LogP contribution in [0.4, 0.5) is 0 Å². The van der Waals surface area contributed by atoms with E-state index in [9.17, 15) is 5.11 Å². The highest BCUT2D eigenvalue weighted by atomic mass is 32.2. The molecule has 0 aliphatic heterocycles. The van der Waals surface area contributed by atoms with Crippen LogP contribution < -0.4 is 5.32 Å². The number of rotatable bonds is 5. The SMILES string of the molecule is CCSCC(C)NC1CCc2cc(O)ccc21. The third-order valence-electron chi connectivity index (χ3n) is 3.26. The van der Waals surface area contributed by atoms with E-state index in [0.717, 1.165) is 12.8 Å². The average molecular weight is 251 g/mol. The first kappa shape index (κ1) is 12.8. The second-order valence-corrected chi connectivity index (χ2v) is 6.02. The van der Waals surface area contributed by atoms with Gasteiger partial charge in [-0.1, -0.05) is 13.0 Å². The van der Waals surface area contributed by atoms with Gasteiger partial charge < -0.3 is 10.4 Å². The van der Waals surface area contributed by atoms with Gasteiger partial charge >= 0.3 is 0 Å². The Morgan fingerprint density at radius 1 is 1.53 bits per heavy atom. The fourth-order valence-electron chi connectivity index (χ4n) is 2.46. The molecular formula is C14H21NOS. The number of phenolic OH excluding ortho intramolecular Hbond substituents is 1. The zero-order valence-electron chi connectivity index (χ0n) is 10.6. The third-order valence-corrected chi connectivity index (χ3v) is 4.41. The van der Waals surface area contributed by atoms with Crippen molar-refractivity contribution < 1.29 is 5.11 Å². The highest BCUT2D eigenvalue weighted by molar-refractivity contribution is 7.99. The number of hydrogen-bond acceptors (Lipinski definition) is 3. The molecule has 2 unspecified atom stereocenters. The Kier molecular flexibility index (Phi) is 4.35. The van der Waals surface area contributed by atoms with Gasteiger partial charge in [0.1, 0.15) is 5.75 Å². The van der Waals surface area contributed by atoms with E-state index in [2.05, 4.69) is 25.2 Å². The maximum absolute atomic E-state index is 9.46. The van der Waals surface area contributed by atoms with E-state index in [4.69, 9.17) is 0 Å². The number of benzene rings is 1. The van der Waals surface area contributed by atoms with Crippen molar-refractivity contribution in [2.24, 2.45) is 0 Å². The first-order chi connectivity index (χ1) is 8.20. The zero-order chi connectivity index (χ0) is 12.3. The van der Waals surface area contributed by atoms with Crippen molar-refractivity contribution in [3.05, 3.63) is 29.3 Å². The van der Waals surface area contributed by atoms with E-state index in [1.54, 1.807) is 6.07 Å². The van der Waals surface area contributed by atoms with Crippen LogP contribution in [0.1, 0.15) is 37.4 Å². The second kappa shape index (κ2) is 5.78. The molecule has 2 nitrogen and oxygen atoms in total. The van der Waals surface area contributed by atoms with Gasteiger partial charge in [0.05, 0.1) is 0 Å². The molecule has 94 valence electrons. The Labute approximate surface area is 108 Å². The summed E-state index contributed by atoms with van der Waals surface area (Å²) in [6.07, 6.45) is 2.23. The first-order valence-electron chi connectivity index (χ1n) is 6.36. The van der Waals surface area contributed by atoms with Gasteiger partial charge in [-0.3, -0.25) is 0 Å². The van der Waals surface area contributed by atoms with Crippen LogP contribution in [0.3, 0.4) is 0 Å². The number of phenols is 1. The quantitative estimate of drug-likeness (QED) is 0.843. The number of nitrogens with one attached hydrogen (secondary N) is 1. The molecule has 0 radical (unpaired) electrons. The van der Waals surface area contributed by atoms with E-state index in [-0.39, 0.29) is 0 Å². The van der Waals surface area contributed by atoms with E-state index in [1.165, 1.54) is 22.6 Å². The molecule has 1 aliphatic rings. The molecule has 0 bridgehead atoms. The van der Waals surface area contributed by atoms with Crippen LogP contribution in [-0.4, -0.2) is 22.7 Å². The molecule has 2 N–H and O–H groups in total. The van der Waals surface area contributed by atoms with Crippen LogP contribution in [0, 0.1) is 0 Å². The summed E-state index contributed by atoms with van der Waals surface area (Å²) in [5.74, 6) is 2.74. The molecule has 17 heavy (non-hydrogen) atoms. The fourth-order valence-corrected chi connectivity index (χ4v) is 3.15. The van der Waals surface area contributed by atoms with E-state index in [1.807, 2.05) is 17.8 Å². The summed E-state index contributed by atoms with van der Waals surface area (Å²) in [5, 5.41) is 13.1. The minimum absolute atomic E-state index is 0.388. The van der Waals surface area contributed by atoms with Crippen LogP contribution in [0.15, 0.2) is 18.2 Å². The minimum atomic E-state index is 0.388. The Hall–Kier alpha value is -0.670. The van der Waals surface area contributed by atoms with Gasteiger partial charge in [-0.25, -0.2) is 0 Å². The topological polar surface area (TPSA) is 32.3 Å². The molecule has 0 fully saturated rings. The molecule has 0 amide bonds. The van der Waals surface area contributed by atoms with Gasteiger partial charge in [0.15, 0.2) is 0 Å². The summed E-state index contributed by atoms with van der Waals surface area (Å²) in [5.41, 5.74) is 2.67. The maximum Gasteiger partial charge on any atom is 0.115 e. The number of fused-ring (bicyclic) bond motifs is 1. The summed E-state index contributed by atoms with van der Waals surface area (Å²) in [6, 6.07) is 6.78. The molecule has 0 aromatic heterocycles. The molecule has 0 saturated heterocycles. The molecule has 0 spiro atoms. The van der Waals surface area contributed by atoms with Crippen molar-refractivity contribution in [2.75, 3.05) is 11.5 Å². The average Bonchev–Trinajstić information content (AvgIpc) is 2.69. The zero-order valence-corrected chi connectivity index (χ0v) is 11.4. The molecular weight excluding hydrogens is 230 g/mol. The lowest BCUT2D eigenvalue weighted by Gasteiger charge is -2.20. The summed E-state index contributed by atoms with van der Waals surface area (Å²) >= 11 is 1.98. The number of hydrogen-bond donors (Lipinski definition) is 2. The van der Waals surface area contributed by atoms with Crippen LogP contribution in [0.2, 0.25) is 0 Å². The predicted octanol–water partition coefficient (Wildman–Crippen LogP) is 3.11. The lowest BCUT2D eigenvalue weighted by Crippen LogP contribution is -2.31. The monoisotopic (exact) mass is 251 g/mol. The highest BCUT2D eigenvalue weighted by Gasteiger charge is 2.23. The smallest absolute Gasteiger partial charge is 0.115 e. The number of aromatic hydroxyl groups is 1. The van der Waals surface area contributed by atoms with Crippen LogP contribution >= 0.6 is 11.8 Å². The maximum atomic E-state index is 9.46. The van der Waals surface area contributed by atoms with Crippen molar-refractivity contribution in [3.63, 3.8) is 0 Å². The highest BCUT2D eigenvalue weighted by Crippen LogP contribution is 2.33. The molecule has 3 heteroatoms. The van der Waals surface area contributed by atoms with E-state index in [0.29, 0.717) is 17.8 Å². The molecule has 2 atom stereocenters. The Bertz CT molecular complexity index is 380. The van der Waals surface area contributed by atoms with Crippen molar-refractivity contribution in [2.45, 2.75) is 38.8 Å². The van der Waals surface area contributed by atoms with Crippen LogP contribution in [-0.2, 0) is 6.42 Å². The standard InChI is InChI=1S/C14H21NOS/c1-3-17-9-10(2)15-14-7-4-11-8-12(16)5-6-13(11)14/h5-6,8,10,14-16H,3-4,7,9H2,1-2H3. The van der Waals surface area contributed by atoms with Gasteiger partial charge in [-0.05, 0) is 48.8 Å². The predicted molar refractivity (Wildman–Crippen MR) is 74.8 cm³/mol. The van der Waals surface area contributed by atoms with Gasteiger partial charge in [-0.2, -0.15) is 11.8 Å². The van der Waals surface area contributed by atoms with E-state index < -0.39 is 0 Å². The Morgan fingerprint density at radius 2 is 2.35 bits per heavy atom. The van der Waals surface area contributed by atoms with Crippen LogP contribution in [0.5, 0.6) is 5.75 Å². The lowest BCUT2D eigenvalue weighted by molar-refractivity contribution is 0.473. The number of aryl methyl sites for hydroxylation is 1. The lowest BCUT2D eigenvalue weighted by atomic mass is 10.1. The van der Waals surface area contributed by atoms with Crippen molar-refractivity contribution in [1.29, 1.82) is 0 Å². The van der Waals surface area contributed by atoms with Gasteiger partial charge in [-0.15, -0.1) is 0 Å². The molecule has 2 rings (SSSR count). The fraction of sp³-hybridized carbons (Fsp3) is 0.571. The first-order valence-corrected chi connectivity index (χ1v) is 7.51. The third kappa shape index (κ3) is 3.17. The number of thioether (sulfide) groups is 1. The van der Waals surface area contributed by atoms with E-state index >= 15 is 0 Å².